The number of nitrogens with two attached hydrogens (primary N) is 1. The highest BCUT2D eigenvalue weighted by Crippen LogP contribution is 2.19. The van der Waals surface area contributed by atoms with Crippen LogP contribution in [0.5, 0.6) is 0 Å². The average molecular weight is 127 g/mol. The molecule has 1 aliphatic rings. The first kappa shape index (κ1) is 5.66. The second-order valence-electron chi connectivity index (χ2n) is 1.52. The zero-order valence-electron chi connectivity index (χ0n) is 4.49. The minimum Gasteiger partial charge on any atom is -0.290 e. The molecule has 0 aromatic carbocycles. The van der Waals surface area contributed by atoms with Crippen LogP contribution in [0.1, 0.15) is 0 Å². The van der Waals surface area contributed by atoms with Gasteiger partial charge in [0.05, 0.1) is 0 Å². The molecular weight excluding hydrogens is 118 g/mol. The number of rotatable bonds is 0. The maximum atomic E-state index is 5.59. The summed E-state index contributed by atoms with van der Waals surface area (Å²) >= 11 is -0.442. The normalized spacial score (nSPS) is 21.4. The van der Waals surface area contributed by atoms with E-state index in [0.717, 1.165) is 0 Å². The molecule has 2 heteroatoms. The third kappa shape index (κ3) is 1.56. The van der Waals surface area contributed by atoms with Crippen molar-refractivity contribution >= 4 is 11.1 Å². The van der Waals surface area contributed by atoms with E-state index in [9.17, 15) is 0 Å². The Morgan fingerprint density at radius 1 is 0.875 bits per heavy atom. The molecule has 0 radical (unpaired) electrons. The number of hydrogen-bond acceptors (Lipinski definition) is 1. The van der Waals surface area contributed by atoms with Crippen LogP contribution in [0.25, 0.3) is 0 Å². The van der Waals surface area contributed by atoms with Gasteiger partial charge in [0, 0.05) is 0 Å². The molecule has 0 saturated carbocycles. The second-order valence-corrected chi connectivity index (χ2v) is 3.01. The first-order chi connectivity index (χ1) is 3.89. The molecule has 0 fully saturated rings. The minimum atomic E-state index is -0.442. The molecule has 0 amide bonds. The van der Waals surface area contributed by atoms with Gasteiger partial charge in [-0.05, 0) is 10.8 Å². The van der Waals surface area contributed by atoms with Crippen LogP contribution in [0.4, 0.5) is 0 Å². The lowest BCUT2D eigenvalue weighted by Crippen LogP contribution is -1.81. The van der Waals surface area contributed by atoms with Crippen LogP contribution in [0.15, 0.2) is 35.1 Å². The van der Waals surface area contributed by atoms with Crippen LogP contribution in [0, 0.1) is 0 Å². The Morgan fingerprint density at radius 3 is 1.88 bits per heavy atom. The van der Waals surface area contributed by atoms with Gasteiger partial charge in [0.2, 0.25) is 0 Å². The Hall–Kier alpha value is -0.470. The van der Waals surface area contributed by atoms with E-state index >= 15 is 0 Å². The van der Waals surface area contributed by atoms with E-state index in [0.29, 0.717) is 0 Å². The highest BCUT2D eigenvalue weighted by molar-refractivity contribution is 8.20. The van der Waals surface area contributed by atoms with E-state index < -0.39 is 11.1 Å². The molecule has 0 aliphatic carbocycles. The summed E-state index contributed by atoms with van der Waals surface area (Å²) in [5, 5.41) is 9.60. The standard InChI is InChI=1S/C6H9NS/c7-8-5-3-1-2-4-6-8/h1-6,8H,7H2. The molecule has 0 spiro atoms. The predicted octanol–water partition coefficient (Wildman–Crippen LogP) is 1.46. The summed E-state index contributed by atoms with van der Waals surface area (Å²) in [6.45, 7) is 0. The largest absolute Gasteiger partial charge is 0.290 e. The topological polar surface area (TPSA) is 26.0 Å². The van der Waals surface area contributed by atoms with Gasteiger partial charge in [-0.1, -0.05) is 24.3 Å². The van der Waals surface area contributed by atoms with Crippen LogP contribution < -0.4 is 5.14 Å². The van der Waals surface area contributed by atoms with Gasteiger partial charge < -0.3 is 0 Å². The summed E-state index contributed by atoms with van der Waals surface area (Å²) in [5.41, 5.74) is 0. The van der Waals surface area contributed by atoms with E-state index in [4.69, 9.17) is 5.14 Å². The van der Waals surface area contributed by atoms with E-state index in [1.165, 1.54) is 0 Å². The molecule has 44 valence electrons. The molecule has 1 nitrogen and oxygen atoms in total. The molecule has 0 saturated heterocycles. The lowest BCUT2D eigenvalue weighted by molar-refractivity contribution is 1.98. The van der Waals surface area contributed by atoms with Crippen molar-refractivity contribution in [3.8, 4) is 0 Å². The van der Waals surface area contributed by atoms with E-state index in [1.54, 1.807) is 0 Å². The molecular formula is C6H9NS. The number of hydrogen-bond donors (Lipinski definition) is 2. The fourth-order valence-corrected chi connectivity index (χ4v) is 1.17. The molecule has 1 rings (SSSR count). The maximum Gasteiger partial charge on any atom is -0.0334 e. The molecule has 1 heterocycles. The number of allylic oxidation sites excluding steroid dienone is 4. The first-order valence-electron chi connectivity index (χ1n) is 2.44. The van der Waals surface area contributed by atoms with Gasteiger partial charge >= 0.3 is 0 Å². The highest BCUT2D eigenvalue weighted by atomic mass is 32.2. The SMILES string of the molecule is N[SH]1C=CC=CC=C1. The summed E-state index contributed by atoms with van der Waals surface area (Å²) in [5.74, 6) is 0. The molecule has 0 atom stereocenters. The first-order valence-corrected chi connectivity index (χ1v) is 3.99. The highest BCUT2D eigenvalue weighted by Gasteiger charge is 1.81. The van der Waals surface area contributed by atoms with Gasteiger partial charge in [0.25, 0.3) is 0 Å². The van der Waals surface area contributed by atoms with Crippen molar-refractivity contribution in [2.24, 2.45) is 5.14 Å². The maximum absolute atomic E-state index is 5.59. The van der Waals surface area contributed by atoms with Crippen LogP contribution >= 0.6 is 11.1 Å². The average Bonchev–Trinajstić information content (AvgIpc) is 1.94. The molecule has 0 aromatic rings. The van der Waals surface area contributed by atoms with Gasteiger partial charge in [0.15, 0.2) is 0 Å². The van der Waals surface area contributed by atoms with Crippen LogP contribution in [0.2, 0.25) is 0 Å². The van der Waals surface area contributed by atoms with E-state index in [-0.39, 0.29) is 0 Å². The summed E-state index contributed by atoms with van der Waals surface area (Å²) in [6.07, 6.45) is 7.91. The van der Waals surface area contributed by atoms with Gasteiger partial charge in [-0.3, -0.25) is 5.14 Å². The third-order valence-corrected chi connectivity index (χ3v) is 1.88. The van der Waals surface area contributed by atoms with Crippen molar-refractivity contribution < 1.29 is 0 Å². The van der Waals surface area contributed by atoms with E-state index in [1.807, 2.05) is 35.1 Å². The Morgan fingerprint density at radius 2 is 1.38 bits per heavy atom. The minimum absolute atomic E-state index is 0.442. The lowest BCUT2D eigenvalue weighted by atomic mass is 10.5. The second kappa shape index (κ2) is 2.74. The van der Waals surface area contributed by atoms with Gasteiger partial charge in [-0.2, -0.15) is 11.1 Å². The van der Waals surface area contributed by atoms with E-state index in [2.05, 4.69) is 0 Å². The monoisotopic (exact) mass is 127 g/mol. The molecule has 0 aromatic heterocycles. The zero-order valence-corrected chi connectivity index (χ0v) is 5.38. The number of thiol groups is 1. The predicted molar refractivity (Wildman–Crippen MR) is 40.6 cm³/mol. The molecule has 1 aliphatic heterocycles. The van der Waals surface area contributed by atoms with Crippen molar-refractivity contribution in [1.29, 1.82) is 0 Å². The van der Waals surface area contributed by atoms with Crippen molar-refractivity contribution in [1.82, 2.24) is 0 Å². The van der Waals surface area contributed by atoms with Gasteiger partial charge in [-0.15, -0.1) is 0 Å². The Labute approximate surface area is 52.1 Å². The smallest absolute Gasteiger partial charge is 0.0334 e. The van der Waals surface area contributed by atoms with Crippen LogP contribution in [-0.4, -0.2) is 0 Å². The fourth-order valence-electron chi connectivity index (χ4n) is 0.476. The Kier molecular flexibility index (Phi) is 1.94. The van der Waals surface area contributed by atoms with Crippen molar-refractivity contribution in [2.75, 3.05) is 0 Å². The lowest BCUT2D eigenvalue weighted by Gasteiger charge is -1.98. The van der Waals surface area contributed by atoms with Crippen LogP contribution in [0.3, 0.4) is 0 Å². The summed E-state index contributed by atoms with van der Waals surface area (Å²) < 4.78 is 0. The van der Waals surface area contributed by atoms with Crippen molar-refractivity contribution in [2.45, 2.75) is 0 Å². The molecule has 8 heavy (non-hydrogen) atoms. The third-order valence-electron chi connectivity index (χ3n) is 0.850. The Bertz CT molecular complexity index is 131. The Balaban J connectivity index is 2.66. The van der Waals surface area contributed by atoms with Crippen LogP contribution in [-0.2, 0) is 0 Å². The molecule has 0 unspecified atom stereocenters. The van der Waals surface area contributed by atoms with Gasteiger partial charge in [0.1, 0.15) is 0 Å². The van der Waals surface area contributed by atoms with Gasteiger partial charge in [-0.25, -0.2) is 0 Å². The van der Waals surface area contributed by atoms with Crippen molar-refractivity contribution in [3.63, 3.8) is 0 Å². The molecule has 0 bridgehead atoms. The summed E-state index contributed by atoms with van der Waals surface area (Å²) in [4.78, 5) is 0. The summed E-state index contributed by atoms with van der Waals surface area (Å²) in [7, 11) is 0. The molecule has 2 N–H and O–H groups in total. The summed E-state index contributed by atoms with van der Waals surface area (Å²) in [6, 6.07) is 0. The quantitative estimate of drug-likeness (QED) is 0.473. The van der Waals surface area contributed by atoms with Crippen molar-refractivity contribution in [3.05, 3.63) is 35.1 Å². The fraction of sp³-hybridized carbons (Fsp3) is 0. The zero-order chi connectivity index (χ0) is 5.82.